The van der Waals surface area contributed by atoms with E-state index < -0.39 is 27.0 Å². The molecule has 0 unspecified atom stereocenters. The first-order valence-electron chi connectivity index (χ1n) is 16.3. The van der Waals surface area contributed by atoms with E-state index in [1.807, 2.05) is 18.4 Å². The van der Waals surface area contributed by atoms with Gasteiger partial charge < -0.3 is 25.8 Å². The molecule has 9 nitrogen and oxygen atoms in total. The third kappa shape index (κ3) is 6.14. The van der Waals surface area contributed by atoms with Crippen LogP contribution in [0.1, 0.15) is 92.5 Å². The largest absolute Gasteiger partial charge is 0.382 e. The second-order valence-corrected chi connectivity index (χ2v) is 16.0. The molecular formula is C33H46FN5O4S. The zero-order chi connectivity index (χ0) is 31.2. The summed E-state index contributed by atoms with van der Waals surface area (Å²) in [6, 6.07) is 3.00. The zero-order valence-electron chi connectivity index (χ0n) is 26.0. The molecule has 0 spiro atoms. The number of halogens is 1. The van der Waals surface area contributed by atoms with E-state index in [-0.39, 0.29) is 29.2 Å². The number of nitrogens with two attached hydrogens (primary N) is 1. The Balaban J connectivity index is 1.21. The molecule has 4 aliphatic rings. The third-order valence-corrected chi connectivity index (χ3v) is 12.3. The number of likely N-dealkylation sites (tertiary alicyclic amines) is 1. The molecule has 0 atom stereocenters. The Morgan fingerprint density at radius 2 is 1.75 bits per heavy atom. The van der Waals surface area contributed by atoms with Crippen molar-refractivity contribution in [2.24, 2.45) is 17.1 Å². The van der Waals surface area contributed by atoms with Crippen LogP contribution < -0.4 is 16.4 Å². The van der Waals surface area contributed by atoms with Crippen molar-refractivity contribution in [2.45, 2.75) is 95.4 Å². The second-order valence-electron chi connectivity index (χ2n) is 14.1. The molecule has 2 aliphatic heterocycles. The summed E-state index contributed by atoms with van der Waals surface area (Å²) in [5.41, 5.74) is 8.30. The summed E-state index contributed by atoms with van der Waals surface area (Å²) in [4.78, 5) is 28.1. The van der Waals surface area contributed by atoms with Crippen molar-refractivity contribution in [2.75, 3.05) is 37.2 Å². The predicted octanol–water partition coefficient (Wildman–Crippen LogP) is 4.13. The highest BCUT2D eigenvalue weighted by atomic mass is 32.2. The number of piperidine rings is 1. The monoisotopic (exact) mass is 627 g/mol. The van der Waals surface area contributed by atoms with Crippen molar-refractivity contribution < 1.29 is 22.4 Å². The predicted molar refractivity (Wildman–Crippen MR) is 168 cm³/mol. The number of anilines is 1. The number of rotatable bonds is 8. The van der Waals surface area contributed by atoms with Gasteiger partial charge in [0, 0.05) is 36.4 Å². The Morgan fingerprint density at radius 3 is 2.45 bits per heavy atom. The molecule has 1 saturated carbocycles. The fourth-order valence-corrected chi connectivity index (χ4v) is 10.4. The maximum Gasteiger partial charge on any atom is 0.253 e. The Labute approximate surface area is 260 Å². The van der Waals surface area contributed by atoms with E-state index in [0.717, 1.165) is 37.3 Å². The number of sulfone groups is 1. The number of nitrogens with zero attached hydrogens (tertiary/aromatic N) is 2. The standard InChI is InChI=1S/C33H46FN5O4S/c1-33(2)19-28-30(44(42,43)20-33)24-7-6-8-27(24)39(28)23-17-25(34)29(31(35)40)26(18-23)37-22-11-9-21(10-12-22)32(41)36-13-16-38-14-4-3-5-15-38/h17-18,21-22,37H,3-16,19-20H2,1-2H3,(H2,35,40)(H,36,41). The molecule has 240 valence electrons. The van der Waals surface area contributed by atoms with Crippen LogP contribution in [-0.2, 0) is 33.9 Å². The Bertz CT molecular complexity index is 1550. The number of hydrogen-bond donors (Lipinski definition) is 3. The normalized spacial score (nSPS) is 24.3. The van der Waals surface area contributed by atoms with Crippen molar-refractivity contribution in [3.05, 3.63) is 40.5 Å². The van der Waals surface area contributed by atoms with Crippen molar-refractivity contribution in [3.8, 4) is 5.69 Å². The minimum atomic E-state index is -3.49. The summed E-state index contributed by atoms with van der Waals surface area (Å²) < 4.78 is 44.5. The Kier molecular flexibility index (Phi) is 8.56. The van der Waals surface area contributed by atoms with E-state index in [1.165, 1.54) is 25.3 Å². The average Bonchev–Trinajstić information content (AvgIpc) is 3.52. The van der Waals surface area contributed by atoms with E-state index in [2.05, 4.69) is 15.5 Å². The highest BCUT2D eigenvalue weighted by molar-refractivity contribution is 7.91. The minimum Gasteiger partial charge on any atom is -0.382 e. The number of nitrogens with one attached hydrogen (secondary N) is 2. The number of fused-ring (bicyclic) bond motifs is 3. The van der Waals surface area contributed by atoms with Gasteiger partial charge in [0.15, 0.2) is 9.84 Å². The van der Waals surface area contributed by atoms with E-state index >= 15 is 4.39 Å². The van der Waals surface area contributed by atoms with Crippen LogP contribution in [0.4, 0.5) is 10.1 Å². The van der Waals surface area contributed by atoms with Gasteiger partial charge in [-0.3, -0.25) is 9.59 Å². The van der Waals surface area contributed by atoms with Gasteiger partial charge in [0.25, 0.3) is 5.91 Å². The molecule has 44 heavy (non-hydrogen) atoms. The SMILES string of the molecule is CC1(C)Cc2c(c3c(n2-c2cc(F)c(C(N)=O)c(NC4CCC(C(=O)NCCN5CCCCC5)CC4)c2)CCC3)S(=O)(=O)C1. The maximum absolute atomic E-state index is 15.7. The smallest absolute Gasteiger partial charge is 0.253 e. The number of carbonyl (C=O) groups is 2. The van der Waals surface area contributed by atoms with Crippen LogP contribution in [-0.4, -0.2) is 67.7 Å². The summed E-state index contributed by atoms with van der Waals surface area (Å²) in [7, 11) is -3.49. The van der Waals surface area contributed by atoms with Gasteiger partial charge in [0.05, 0.1) is 27.6 Å². The molecule has 1 aromatic carbocycles. The summed E-state index contributed by atoms with van der Waals surface area (Å²) in [5.74, 6) is -1.47. The summed E-state index contributed by atoms with van der Waals surface area (Å²) in [6.07, 6.45) is 9.35. The van der Waals surface area contributed by atoms with E-state index in [9.17, 15) is 18.0 Å². The number of hydrogen-bond acceptors (Lipinski definition) is 6. The van der Waals surface area contributed by atoms with Crippen molar-refractivity contribution in [1.29, 1.82) is 0 Å². The first kappa shape index (κ1) is 31.1. The Hall–Kier alpha value is -2.92. The van der Waals surface area contributed by atoms with Crippen LogP contribution in [0.2, 0.25) is 0 Å². The van der Waals surface area contributed by atoms with Gasteiger partial charge in [-0.1, -0.05) is 20.3 Å². The fourth-order valence-electron chi connectivity index (χ4n) is 8.06. The van der Waals surface area contributed by atoms with E-state index in [0.29, 0.717) is 73.5 Å². The molecule has 11 heteroatoms. The number of benzene rings is 1. The summed E-state index contributed by atoms with van der Waals surface area (Å²) in [6.45, 7) is 7.66. The van der Waals surface area contributed by atoms with Gasteiger partial charge in [-0.15, -0.1) is 0 Å². The van der Waals surface area contributed by atoms with Crippen LogP contribution in [0.5, 0.6) is 0 Å². The molecule has 2 amide bonds. The van der Waals surface area contributed by atoms with Crippen LogP contribution in [0, 0.1) is 17.2 Å². The minimum absolute atomic E-state index is 0.0521. The third-order valence-electron chi connectivity index (χ3n) is 10.0. The summed E-state index contributed by atoms with van der Waals surface area (Å²) >= 11 is 0. The van der Waals surface area contributed by atoms with Gasteiger partial charge in [0.2, 0.25) is 5.91 Å². The number of carbonyl (C=O) groups excluding carboxylic acids is 2. The molecule has 1 aromatic heterocycles. The maximum atomic E-state index is 15.7. The molecule has 4 N–H and O–H groups in total. The zero-order valence-corrected chi connectivity index (χ0v) is 26.8. The lowest BCUT2D eigenvalue weighted by atomic mass is 9.85. The van der Waals surface area contributed by atoms with E-state index in [1.54, 1.807) is 6.07 Å². The molecule has 1 saturated heterocycles. The van der Waals surface area contributed by atoms with Crippen LogP contribution in [0.3, 0.4) is 0 Å². The Morgan fingerprint density at radius 1 is 1.02 bits per heavy atom. The first-order valence-corrected chi connectivity index (χ1v) is 18.0. The second kappa shape index (κ2) is 12.1. The van der Waals surface area contributed by atoms with Gasteiger partial charge in [-0.05, 0) is 100 Å². The van der Waals surface area contributed by atoms with Crippen molar-refractivity contribution in [1.82, 2.24) is 14.8 Å². The van der Waals surface area contributed by atoms with Crippen molar-refractivity contribution in [3.63, 3.8) is 0 Å². The van der Waals surface area contributed by atoms with Crippen LogP contribution >= 0.6 is 0 Å². The average molecular weight is 628 g/mol. The fraction of sp³-hybridized carbons (Fsp3) is 0.636. The summed E-state index contributed by atoms with van der Waals surface area (Å²) in [5, 5.41) is 6.51. The highest BCUT2D eigenvalue weighted by Gasteiger charge is 2.42. The van der Waals surface area contributed by atoms with Gasteiger partial charge in [-0.2, -0.15) is 0 Å². The molecule has 2 aliphatic carbocycles. The topological polar surface area (TPSA) is 127 Å². The first-order chi connectivity index (χ1) is 20.9. The quantitative estimate of drug-likeness (QED) is 0.404. The molecule has 2 fully saturated rings. The lowest BCUT2D eigenvalue weighted by Gasteiger charge is -2.31. The highest BCUT2D eigenvalue weighted by Crippen LogP contribution is 2.45. The molecule has 6 rings (SSSR count). The van der Waals surface area contributed by atoms with E-state index in [4.69, 9.17) is 5.73 Å². The van der Waals surface area contributed by atoms with Gasteiger partial charge in [0.1, 0.15) is 5.82 Å². The van der Waals surface area contributed by atoms with Crippen molar-refractivity contribution >= 4 is 27.3 Å². The molecule has 3 heterocycles. The lowest BCUT2D eigenvalue weighted by Crippen LogP contribution is -2.41. The molecule has 0 radical (unpaired) electrons. The molecule has 2 aromatic rings. The number of primary amides is 1. The molecule has 0 bridgehead atoms. The number of amides is 2. The molecular weight excluding hydrogens is 581 g/mol. The van der Waals surface area contributed by atoms with Crippen LogP contribution in [0.15, 0.2) is 17.0 Å². The van der Waals surface area contributed by atoms with Gasteiger partial charge in [-0.25, -0.2) is 12.8 Å². The number of aromatic nitrogens is 1. The van der Waals surface area contributed by atoms with Gasteiger partial charge >= 0.3 is 0 Å². The van der Waals surface area contributed by atoms with Crippen LogP contribution in [0.25, 0.3) is 5.69 Å². The lowest BCUT2D eigenvalue weighted by molar-refractivity contribution is -0.126.